The Morgan fingerprint density at radius 2 is 1.87 bits per heavy atom. The summed E-state index contributed by atoms with van der Waals surface area (Å²) in [5.74, 6) is 1.56. The first kappa shape index (κ1) is 20.1. The summed E-state index contributed by atoms with van der Waals surface area (Å²) >= 11 is 0. The molecule has 4 heteroatoms. The van der Waals surface area contributed by atoms with Crippen molar-refractivity contribution in [2.45, 2.75) is 38.8 Å². The third kappa shape index (κ3) is 4.31. The molecule has 3 aromatic rings. The summed E-state index contributed by atoms with van der Waals surface area (Å²) < 4.78 is 6.25. The normalized spacial score (nSPS) is 19.6. The Kier molecular flexibility index (Phi) is 5.65. The van der Waals surface area contributed by atoms with Crippen molar-refractivity contribution >= 4 is 16.7 Å². The minimum atomic E-state index is 0.107. The van der Waals surface area contributed by atoms with E-state index in [1.54, 1.807) is 0 Å². The smallest absolute Gasteiger partial charge is 0.254 e. The first-order chi connectivity index (χ1) is 15.2. The average molecular weight is 415 g/mol. The fourth-order valence-electron chi connectivity index (χ4n) is 4.87. The van der Waals surface area contributed by atoms with E-state index in [0.717, 1.165) is 48.1 Å². The molecule has 2 atom stereocenters. The maximum atomic E-state index is 13.1. The number of benzene rings is 3. The maximum absolute atomic E-state index is 13.1. The number of carbonyl (C=O) groups excluding carboxylic acids is 1. The Balaban J connectivity index is 1.30. The van der Waals surface area contributed by atoms with Gasteiger partial charge in [-0.15, -0.1) is 0 Å². The second-order valence-electron chi connectivity index (χ2n) is 8.90. The number of rotatable bonds is 4. The summed E-state index contributed by atoms with van der Waals surface area (Å²) in [6.45, 7) is 5.77. The molecule has 0 aromatic heterocycles. The van der Waals surface area contributed by atoms with Gasteiger partial charge >= 0.3 is 0 Å². The van der Waals surface area contributed by atoms with Crippen LogP contribution >= 0.6 is 0 Å². The molecule has 0 spiro atoms. The molecule has 0 saturated carbocycles. The number of fused-ring (bicyclic) bond motifs is 2. The minimum absolute atomic E-state index is 0.107. The minimum Gasteiger partial charge on any atom is -0.490 e. The summed E-state index contributed by atoms with van der Waals surface area (Å²) in [7, 11) is 0. The van der Waals surface area contributed by atoms with Crippen molar-refractivity contribution in [2.75, 3.05) is 19.6 Å². The standard InChI is InChI=1S/C27H30N2O2/c1-19(24-7-4-13-28-17-24)31-26-11-10-21-15-23(9-8-22(21)16-26)27(30)29-14-12-20-5-2-3-6-25(20)18-29/h2-3,5-6,8-11,15-16,19,24,28H,4,7,12-14,17-18H2,1H3. The Hall–Kier alpha value is -2.85. The first-order valence-corrected chi connectivity index (χ1v) is 11.4. The van der Waals surface area contributed by atoms with Crippen LogP contribution in [0.4, 0.5) is 0 Å². The molecule has 5 rings (SSSR count). The van der Waals surface area contributed by atoms with Crippen molar-refractivity contribution in [1.29, 1.82) is 0 Å². The molecule has 0 radical (unpaired) electrons. The van der Waals surface area contributed by atoms with E-state index in [9.17, 15) is 4.79 Å². The number of nitrogens with zero attached hydrogens (tertiary/aromatic N) is 1. The highest BCUT2D eigenvalue weighted by molar-refractivity contribution is 5.99. The Bertz CT molecular complexity index is 1090. The average Bonchev–Trinajstić information content (AvgIpc) is 2.83. The van der Waals surface area contributed by atoms with Gasteiger partial charge in [0.05, 0.1) is 6.10 Å². The number of piperidine rings is 1. The van der Waals surface area contributed by atoms with Gasteiger partial charge in [-0.25, -0.2) is 0 Å². The van der Waals surface area contributed by atoms with Crippen molar-refractivity contribution in [3.05, 3.63) is 77.4 Å². The number of hydrogen-bond acceptors (Lipinski definition) is 3. The van der Waals surface area contributed by atoms with E-state index in [1.165, 1.54) is 24.0 Å². The zero-order valence-electron chi connectivity index (χ0n) is 18.1. The summed E-state index contributed by atoms with van der Waals surface area (Å²) in [5.41, 5.74) is 3.37. The molecule has 0 bridgehead atoms. The molecule has 4 nitrogen and oxygen atoms in total. The quantitative estimate of drug-likeness (QED) is 0.666. The van der Waals surface area contributed by atoms with Crippen LogP contribution in [0.3, 0.4) is 0 Å². The highest BCUT2D eigenvalue weighted by Crippen LogP contribution is 2.27. The van der Waals surface area contributed by atoms with Crippen molar-refractivity contribution in [3.63, 3.8) is 0 Å². The van der Waals surface area contributed by atoms with Crippen LogP contribution < -0.4 is 10.1 Å². The molecule has 3 aromatic carbocycles. The third-order valence-electron chi connectivity index (χ3n) is 6.80. The molecule has 2 aliphatic rings. The molecule has 160 valence electrons. The maximum Gasteiger partial charge on any atom is 0.254 e. The van der Waals surface area contributed by atoms with Gasteiger partial charge in [-0.1, -0.05) is 36.4 Å². The molecule has 31 heavy (non-hydrogen) atoms. The van der Waals surface area contributed by atoms with E-state index < -0.39 is 0 Å². The van der Waals surface area contributed by atoms with Crippen LogP contribution in [0.15, 0.2) is 60.7 Å². The number of carbonyl (C=O) groups is 1. The van der Waals surface area contributed by atoms with Crippen LogP contribution in [0.2, 0.25) is 0 Å². The van der Waals surface area contributed by atoms with Gasteiger partial charge in [0.25, 0.3) is 5.91 Å². The number of hydrogen-bond donors (Lipinski definition) is 1. The molecule has 0 aliphatic carbocycles. The largest absolute Gasteiger partial charge is 0.490 e. The van der Waals surface area contributed by atoms with Crippen molar-refractivity contribution in [3.8, 4) is 5.75 Å². The third-order valence-corrected chi connectivity index (χ3v) is 6.80. The summed E-state index contributed by atoms with van der Waals surface area (Å²) in [6.07, 6.45) is 3.54. The van der Waals surface area contributed by atoms with E-state index in [2.05, 4.69) is 42.6 Å². The zero-order valence-corrected chi connectivity index (χ0v) is 18.1. The monoisotopic (exact) mass is 414 g/mol. The summed E-state index contributed by atoms with van der Waals surface area (Å²) in [4.78, 5) is 15.1. The Labute approximate surface area is 184 Å². The lowest BCUT2D eigenvalue weighted by molar-refractivity contribution is 0.0735. The van der Waals surface area contributed by atoms with Gasteiger partial charge in [0.1, 0.15) is 5.75 Å². The molecule has 2 aliphatic heterocycles. The molecule has 2 unspecified atom stereocenters. The number of nitrogens with one attached hydrogen (secondary N) is 1. The Morgan fingerprint density at radius 1 is 1.06 bits per heavy atom. The molecule has 2 heterocycles. The summed E-state index contributed by atoms with van der Waals surface area (Å²) in [6, 6.07) is 20.6. The predicted molar refractivity (Wildman–Crippen MR) is 125 cm³/mol. The number of amides is 1. The van der Waals surface area contributed by atoms with Crippen LogP contribution in [0.1, 0.15) is 41.3 Å². The van der Waals surface area contributed by atoms with Gasteiger partial charge in [-0.05, 0) is 78.9 Å². The molecular formula is C27H30N2O2. The van der Waals surface area contributed by atoms with E-state index in [1.807, 2.05) is 35.2 Å². The molecular weight excluding hydrogens is 384 g/mol. The van der Waals surface area contributed by atoms with Crippen molar-refractivity contribution in [1.82, 2.24) is 10.2 Å². The van der Waals surface area contributed by atoms with Gasteiger partial charge in [0.2, 0.25) is 0 Å². The topological polar surface area (TPSA) is 41.6 Å². The first-order valence-electron chi connectivity index (χ1n) is 11.4. The van der Waals surface area contributed by atoms with Gasteiger partial charge < -0.3 is 15.0 Å². The van der Waals surface area contributed by atoms with Crippen molar-refractivity contribution in [2.24, 2.45) is 5.92 Å². The SMILES string of the molecule is CC(Oc1ccc2cc(C(=O)N3CCc4ccccc4C3)ccc2c1)C1CCCNC1. The predicted octanol–water partition coefficient (Wildman–Crippen LogP) is 4.81. The number of ether oxygens (including phenoxy) is 1. The lowest BCUT2D eigenvalue weighted by Crippen LogP contribution is -2.37. The van der Waals surface area contributed by atoms with Gasteiger partial charge in [0.15, 0.2) is 0 Å². The van der Waals surface area contributed by atoms with Crippen LogP contribution in [0.25, 0.3) is 10.8 Å². The van der Waals surface area contributed by atoms with Gasteiger partial charge in [0, 0.05) is 31.1 Å². The van der Waals surface area contributed by atoms with Crippen LogP contribution in [-0.4, -0.2) is 36.5 Å². The highest BCUT2D eigenvalue weighted by Gasteiger charge is 2.23. The molecule has 1 amide bonds. The Morgan fingerprint density at radius 3 is 2.71 bits per heavy atom. The second-order valence-corrected chi connectivity index (χ2v) is 8.90. The van der Waals surface area contributed by atoms with Crippen LogP contribution in [-0.2, 0) is 13.0 Å². The fourth-order valence-corrected chi connectivity index (χ4v) is 4.87. The molecule has 1 N–H and O–H groups in total. The molecule has 1 saturated heterocycles. The van der Waals surface area contributed by atoms with E-state index in [0.29, 0.717) is 12.5 Å². The van der Waals surface area contributed by atoms with E-state index >= 15 is 0 Å². The highest BCUT2D eigenvalue weighted by atomic mass is 16.5. The lowest BCUT2D eigenvalue weighted by atomic mass is 9.94. The zero-order chi connectivity index (χ0) is 21.2. The van der Waals surface area contributed by atoms with Crippen molar-refractivity contribution < 1.29 is 9.53 Å². The molecule has 1 fully saturated rings. The fraction of sp³-hybridized carbons (Fsp3) is 0.370. The van der Waals surface area contributed by atoms with Crippen LogP contribution in [0.5, 0.6) is 5.75 Å². The van der Waals surface area contributed by atoms with Gasteiger partial charge in [-0.2, -0.15) is 0 Å². The lowest BCUT2D eigenvalue weighted by Gasteiger charge is -2.29. The van der Waals surface area contributed by atoms with E-state index in [-0.39, 0.29) is 12.0 Å². The van der Waals surface area contributed by atoms with E-state index in [4.69, 9.17) is 4.74 Å². The summed E-state index contributed by atoms with van der Waals surface area (Å²) in [5, 5.41) is 5.64. The van der Waals surface area contributed by atoms with Crippen LogP contribution in [0, 0.1) is 5.92 Å². The van der Waals surface area contributed by atoms with Gasteiger partial charge in [-0.3, -0.25) is 4.79 Å². The second kappa shape index (κ2) is 8.72.